The third kappa shape index (κ3) is 2.17. The Bertz CT molecular complexity index is 790. The van der Waals surface area contributed by atoms with Crippen molar-refractivity contribution in [3.8, 4) is 11.8 Å². The summed E-state index contributed by atoms with van der Waals surface area (Å²) in [5.41, 5.74) is 2.24. The molecule has 1 fully saturated rings. The highest BCUT2D eigenvalue weighted by Crippen LogP contribution is 2.65. The lowest BCUT2D eigenvalue weighted by Crippen LogP contribution is -2.10. The van der Waals surface area contributed by atoms with Crippen LogP contribution in [0.4, 0.5) is 0 Å². The minimum atomic E-state index is -0.0427. The summed E-state index contributed by atoms with van der Waals surface area (Å²) in [4.78, 5) is 0. The lowest BCUT2D eigenvalue weighted by Gasteiger charge is -2.13. The van der Waals surface area contributed by atoms with Crippen molar-refractivity contribution in [2.24, 2.45) is 11.8 Å². The molecule has 0 nitrogen and oxygen atoms in total. The summed E-state index contributed by atoms with van der Waals surface area (Å²) < 4.78 is 0. The molecule has 0 unspecified atom stereocenters. The quantitative estimate of drug-likeness (QED) is 0.480. The molecule has 0 saturated heterocycles. The highest BCUT2D eigenvalue weighted by Gasteiger charge is 2.64. The van der Waals surface area contributed by atoms with Crippen LogP contribution in [0.5, 0.6) is 0 Å². The summed E-state index contributed by atoms with van der Waals surface area (Å²) in [5.74, 6) is 8.04. The lowest BCUT2D eigenvalue weighted by atomic mass is 9.89. The number of halogens is 2. The Morgan fingerprint density at radius 3 is 2.14 bits per heavy atom. The molecule has 1 saturated carbocycles. The number of hydrogen-bond acceptors (Lipinski definition) is 0. The summed E-state index contributed by atoms with van der Waals surface area (Å²) >= 11 is 12.0. The second kappa shape index (κ2) is 5.20. The molecule has 0 aliphatic heterocycles. The third-order valence-corrected chi connectivity index (χ3v) is 5.25. The molecule has 2 heteroatoms. The van der Waals surface area contributed by atoms with Gasteiger partial charge >= 0.3 is 0 Å². The fourth-order valence-corrected chi connectivity index (χ4v) is 3.82. The van der Waals surface area contributed by atoms with Gasteiger partial charge in [0.15, 0.2) is 0 Å². The van der Waals surface area contributed by atoms with Crippen molar-refractivity contribution in [2.75, 3.05) is 0 Å². The molecular formula is C20H14Cl2. The summed E-state index contributed by atoms with van der Waals surface area (Å²) in [6, 6.07) is 15.9. The average Bonchev–Trinajstić information content (AvgIpc) is 2.90. The van der Waals surface area contributed by atoms with E-state index >= 15 is 0 Å². The van der Waals surface area contributed by atoms with Gasteiger partial charge in [-0.15, -0.1) is 0 Å². The fraction of sp³-hybridized carbons (Fsp3) is 0.200. The smallest absolute Gasteiger partial charge is 0.0669 e. The first kappa shape index (κ1) is 13.9. The minimum absolute atomic E-state index is 0.0427. The first-order valence-electron chi connectivity index (χ1n) is 7.41. The van der Waals surface area contributed by atoms with Crippen molar-refractivity contribution in [3.63, 3.8) is 0 Å². The molecule has 0 spiro atoms. The molecule has 2 aromatic rings. The van der Waals surface area contributed by atoms with Crippen LogP contribution >= 0.6 is 23.2 Å². The van der Waals surface area contributed by atoms with Gasteiger partial charge in [-0.3, -0.25) is 0 Å². The van der Waals surface area contributed by atoms with Crippen molar-refractivity contribution >= 4 is 23.2 Å². The van der Waals surface area contributed by atoms with Gasteiger partial charge in [0.25, 0.3) is 0 Å². The molecule has 3 atom stereocenters. The average molecular weight is 325 g/mol. The standard InChI is InChI=1S/C20H14Cl2/c21-16-8-4-14(5-9-16)12-13-20(18-2-1-3-19(18)20)15-6-10-17(22)11-7-15/h1-2,4-11,18-19H,3H2/t18-,19+,20+/m0/s1. The van der Waals surface area contributed by atoms with Crippen LogP contribution in [-0.2, 0) is 5.41 Å². The van der Waals surface area contributed by atoms with Gasteiger partial charge in [0.2, 0.25) is 0 Å². The third-order valence-electron chi connectivity index (χ3n) is 4.75. The Morgan fingerprint density at radius 1 is 0.909 bits per heavy atom. The monoisotopic (exact) mass is 324 g/mol. The molecule has 108 valence electrons. The fourth-order valence-electron chi connectivity index (χ4n) is 3.57. The number of allylic oxidation sites excluding steroid dienone is 2. The lowest BCUT2D eigenvalue weighted by molar-refractivity contribution is 0.745. The van der Waals surface area contributed by atoms with Crippen LogP contribution in [0.3, 0.4) is 0 Å². The molecular weight excluding hydrogens is 311 g/mol. The maximum absolute atomic E-state index is 6.03. The Kier molecular flexibility index (Phi) is 3.30. The van der Waals surface area contributed by atoms with E-state index in [1.54, 1.807) is 0 Å². The zero-order chi connectivity index (χ0) is 15.2. The SMILES string of the molecule is Clc1ccc(C#C[C@]2(c3ccc(Cl)cc3)[C@@H]3CC=C[C@@H]32)cc1. The molecule has 22 heavy (non-hydrogen) atoms. The van der Waals surface area contributed by atoms with Crippen molar-refractivity contribution in [2.45, 2.75) is 11.8 Å². The van der Waals surface area contributed by atoms with Crippen molar-refractivity contribution < 1.29 is 0 Å². The van der Waals surface area contributed by atoms with E-state index < -0.39 is 0 Å². The molecule has 0 aromatic heterocycles. The number of fused-ring (bicyclic) bond motifs is 1. The van der Waals surface area contributed by atoms with Crippen molar-refractivity contribution in [3.05, 3.63) is 81.9 Å². The van der Waals surface area contributed by atoms with E-state index in [4.69, 9.17) is 23.2 Å². The van der Waals surface area contributed by atoms with Crippen LogP contribution < -0.4 is 0 Å². The highest BCUT2D eigenvalue weighted by atomic mass is 35.5. The van der Waals surface area contributed by atoms with Crippen LogP contribution in [0.15, 0.2) is 60.7 Å². The molecule has 2 aromatic carbocycles. The van der Waals surface area contributed by atoms with Crippen molar-refractivity contribution in [1.29, 1.82) is 0 Å². The van der Waals surface area contributed by atoms with Crippen LogP contribution in [-0.4, -0.2) is 0 Å². The maximum atomic E-state index is 6.03. The van der Waals surface area contributed by atoms with Gasteiger partial charge < -0.3 is 0 Å². The second-order valence-corrected chi connectivity index (χ2v) is 6.80. The van der Waals surface area contributed by atoms with Gasteiger partial charge in [0.1, 0.15) is 0 Å². The van der Waals surface area contributed by atoms with Crippen LogP contribution in [0.2, 0.25) is 10.0 Å². The normalized spacial score (nSPS) is 27.9. The summed E-state index contributed by atoms with van der Waals surface area (Å²) in [6.07, 6.45) is 5.70. The van der Waals surface area contributed by atoms with Crippen molar-refractivity contribution in [1.82, 2.24) is 0 Å². The van der Waals surface area contributed by atoms with Gasteiger partial charge in [-0.2, -0.15) is 0 Å². The summed E-state index contributed by atoms with van der Waals surface area (Å²) in [6.45, 7) is 0. The van der Waals surface area contributed by atoms with Gasteiger partial charge in [-0.1, -0.05) is 59.3 Å². The predicted octanol–water partition coefficient (Wildman–Crippen LogP) is 5.49. The topological polar surface area (TPSA) is 0 Å². The van der Waals surface area contributed by atoms with Gasteiger partial charge in [-0.25, -0.2) is 0 Å². The largest absolute Gasteiger partial charge is 0.0878 e. The molecule has 2 aliphatic carbocycles. The van der Waals surface area contributed by atoms with E-state index in [1.165, 1.54) is 5.56 Å². The minimum Gasteiger partial charge on any atom is -0.0878 e. The molecule has 0 amide bonds. The summed E-state index contributed by atoms with van der Waals surface area (Å²) in [5, 5.41) is 1.51. The van der Waals surface area contributed by atoms with E-state index in [2.05, 4.69) is 36.1 Å². The molecule has 0 N–H and O–H groups in total. The van der Waals surface area contributed by atoms with Crippen LogP contribution in [0, 0.1) is 23.7 Å². The Balaban J connectivity index is 1.73. The van der Waals surface area contributed by atoms with E-state index in [-0.39, 0.29) is 5.41 Å². The Labute approximate surface area is 140 Å². The molecule has 4 rings (SSSR count). The van der Waals surface area contributed by atoms with Gasteiger partial charge in [0, 0.05) is 21.5 Å². The van der Waals surface area contributed by atoms with Gasteiger partial charge in [0.05, 0.1) is 5.41 Å². The Hall–Kier alpha value is -1.68. The van der Waals surface area contributed by atoms with Crippen LogP contribution in [0.1, 0.15) is 17.5 Å². The maximum Gasteiger partial charge on any atom is 0.0669 e. The summed E-state index contributed by atoms with van der Waals surface area (Å²) in [7, 11) is 0. The molecule has 2 aliphatic rings. The number of hydrogen-bond donors (Lipinski definition) is 0. The number of rotatable bonds is 1. The number of benzene rings is 2. The van der Waals surface area contributed by atoms with E-state index in [1.807, 2.05) is 36.4 Å². The van der Waals surface area contributed by atoms with Crippen LogP contribution in [0.25, 0.3) is 0 Å². The highest BCUT2D eigenvalue weighted by molar-refractivity contribution is 6.30. The second-order valence-electron chi connectivity index (χ2n) is 5.93. The predicted molar refractivity (Wildman–Crippen MR) is 92.2 cm³/mol. The Morgan fingerprint density at radius 2 is 1.55 bits per heavy atom. The van der Waals surface area contributed by atoms with E-state index in [0.29, 0.717) is 11.8 Å². The molecule has 0 radical (unpaired) electrons. The zero-order valence-corrected chi connectivity index (χ0v) is 13.4. The first-order valence-corrected chi connectivity index (χ1v) is 8.17. The van der Waals surface area contributed by atoms with E-state index in [0.717, 1.165) is 22.0 Å². The zero-order valence-electron chi connectivity index (χ0n) is 11.9. The molecule has 0 heterocycles. The molecule has 0 bridgehead atoms. The first-order chi connectivity index (χ1) is 10.7. The van der Waals surface area contributed by atoms with Gasteiger partial charge in [-0.05, 0) is 54.3 Å². The van der Waals surface area contributed by atoms with E-state index in [9.17, 15) is 0 Å².